The second-order valence-electron chi connectivity index (χ2n) is 3.06. The Bertz CT molecular complexity index is 419. The number of methoxy groups -OCH3 is 1. The van der Waals surface area contributed by atoms with E-state index < -0.39 is 10.9 Å². The van der Waals surface area contributed by atoms with Gasteiger partial charge in [-0.2, -0.15) is 0 Å². The molecule has 1 aromatic rings. The van der Waals surface area contributed by atoms with E-state index >= 15 is 0 Å². The molecule has 0 spiro atoms. The molecule has 0 aliphatic carbocycles. The molecule has 0 aliphatic rings. The number of halogens is 1. The summed E-state index contributed by atoms with van der Waals surface area (Å²) in [7, 11) is 1.29. The largest absolute Gasteiger partial charge is 0.469 e. The Kier molecular flexibility index (Phi) is 4.42. The highest BCUT2D eigenvalue weighted by atomic mass is 79.9. The lowest BCUT2D eigenvalue weighted by Crippen LogP contribution is -2.07. The molecule has 0 unspecified atom stereocenters. The fourth-order valence-corrected chi connectivity index (χ4v) is 1.99. The van der Waals surface area contributed by atoms with Gasteiger partial charge in [-0.15, -0.1) is 0 Å². The van der Waals surface area contributed by atoms with Gasteiger partial charge in [-0.05, 0) is 5.56 Å². The fraction of sp³-hybridized carbons (Fsp3) is 0.300. The third-order valence-electron chi connectivity index (χ3n) is 2.14. The highest BCUT2D eigenvalue weighted by Gasteiger charge is 2.17. The van der Waals surface area contributed by atoms with Crippen molar-refractivity contribution in [2.24, 2.45) is 0 Å². The van der Waals surface area contributed by atoms with Crippen LogP contribution in [0.2, 0.25) is 0 Å². The number of rotatable bonds is 4. The first-order valence-electron chi connectivity index (χ1n) is 4.48. The van der Waals surface area contributed by atoms with Crippen LogP contribution < -0.4 is 0 Å². The van der Waals surface area contributed by atoms with Crippen LogP contribution in [0.1, 0.15) is 11.1 Å². The van der Waals surface area contributed by atoms with Crippen molar-refractivity contribution in [3.05, 3.63) is 39.4 Å². The topological polar surface area (TPSA) is 69.4 Å². The SMILES string of the molecule is COC(=O)Cc1cccc([N+](=O)[O-])c1CBr. The lowest BCUT2D eigenvalue weighted by atomic mass is 10.0. The van der Waals surface area contributed by atoms with Crippen LogP contribution in [0, 0.1) is 10.1 Å². The number of carbonyl (C=O) groups is 1. The molecule has 0 saturated carbocycles. The van der Waals surface area contributed by atoms with E-state index in [4.69, 9.17) is 0 Å². The van der Waals surface area contributed by atoms with Gasteiger partial charge in [-0.3, -0.25) is 14.9 Å². The summed E-state index contributed by atoms with van der Waals surface area (Å²) in [6.07, 6.45) is 0.0408. The Labute approximate surface area is 101 Å². The summed E-state index contributed by atoms with van der Waals surface area (Å²) in [5.74, 6) is -0.414. The van der Waals surface area contributed by atoms with Crippen molar-refractivity contribution in [1.29, 1.82) is 0 Å². The molecule has 0 heterocycles. The van der Waals surface area contributed by atoms with Crippen molar-refractivity contribution >= 4 is 27.6 Å². The summed E-state index contributed by atoms with van der Waals surface area (Å²) in [5, 5.41) is 11.1. The van der Waals surface area contributed by atoms with Crippen LogP contribution in [0.25, 0.3) is 0 Å². The number of hydrogen-bond donors (Lipinski definition) is 0. The molecule has 0 aromatic heterocycles. The second-order valence-corrected chi connectivity index (χ2v) is 3.62. The van der Waals surface area contributed by atoms with E-state index in [1.165, 1.54) is 13.2 Å². The summed E-state index contributed by atoms with van der Waals surface area (Å²) in [5.41, 5.74) is 1.13. The molecule has 0 bridgehead atoms. The average molecular weight is 288 g/mol. The number of hydrogen-bond acceptors (Lipinski definition) is 4. The normalized spacial score (nSPS) is 9.88. The Morgan fingerprint density at radius 3 is 2.75 bits per heavy atom. The van der Waals surface area contributed by atoms with E-state index in [1.807, 2.05) is 0 Å². The average Bonchev–Trinajstić information content (AvgIpc) is 2.28. The number of benzene rings is 1. The summed E-state index contributed by atoms with van der Waals surface area (Å²) < 4.78 is 4.53. The van der Waals surface area contributed by atoms with Gasteiger partial charge < -0.3 is 4.74 Å². The quantitative estimate of drug-likeness (QED) is 0.368. The molecule has 0 fully saturated rings. The van der Waals surface area contributed by atoms with Gasteiger partial charge in [0.15, 0.2) is 0 Å². The predicted molar refractivity (Wildman–Crippen MR) is 61.4 cm³/mol. The van der Waals surface area contributed by atoms with E-state index in [9.17, 15) is 14.9 Å². The fourth-order valence-electron chi connectivity index (χ4n) is 1.34. The molecule has 0 aliphatic heterocycles. The summed E-state index contributed by atoms with van der Waals surface area (Å²) >= 11 is 3.18. The molecule has 1 rings (SSSR count). The van der Waals surface area contributed by atoms with Crippen LogP contribution in [0.4, 0.5) is 5.69 Å². The van der Waals surface area contributed by atoms with E-state index in [0.717, 1.165) is 0 Å². The van der Waals surface area contributed by atoms with E-state index in [1.54, 1.807) is 12.1 Å². The number of nitro groups is 1. The minimum Gasteiger partial charge on any atom is -0.469 e. The number of nitrogens with zero attached hydrogens (tertiary/aromatic N) is 1. The standard InChI is InChI=1S/C10H10BrNO4/c1-16-10(13)5-7-3-2-4-9(12(14)15)8(7)6-11/h2-4H,5-6H2,1H3. The Balaban J connectivity index is 3.13. The predicted octanol–water partition coefficient (Wildman–Crippen LogP) is 2.21. The van der Waals surface area contributed by atoms with Crippen LogP contribution in [0.15, 0.2) is 18.2 Å². The third kappa shape index (κ3) is 2.79. The third-order valence-corrected chi connectivity index (χ3v) is 2.70. The molecular weight excluding hydrogens is 278 g/mol. The van der Waals surface area contributed by atoms with E-state index in [-0.39, 0.29) is 12.1 Å². The van der Waals surface area contributed by atoms with Gasteiger partial charge in [-0.25, -0.2) is 0 Å². The van der Waals surface area contributed by atoms with Gasteiger partial charge in [0.25, 0.3) is 5.69 Å². The maximum absolute atomic E-state index is 11.1. The number of nitro benzene ring substituents is 1. The summed E-state index contributed by atoms with van der Waals surface area (Å²) in [4.78, 5) is 21.4. The summed E-state index contributed by atoms with van der Waals surface area (Å²) in [6.45, 7) is 0. The monoisotopic (exact) mass is 287 g/mol. The lowest BCUT2D eigenvalue weighted by molar-refractivity contribution is -0.385. The summed E-state index contributed by atoms with van der Waals surface area (Å²) in [6, 6.07) is 4.65. The van der Waals surface area contributed by atoms with Gasteiger partial charge in [0.1, 0.15) is 0 Å². The first-order valence-corrected chi connectivity index (χ1v) is 5.60. The minimum absolute atomic E-state index is 0.0123. The van der Waals surface area contributed by atoms with Gasteiger partial charge in [-0.1, -0.05) is 28.1 Å². The molecule has 0 atom stereocenters. The van der Waals surface area contributed by atoms with Crippen LogP contribution in [-0.2, 0) is 21.3 Å². The Hall–Kier alpha value is -1.43. The number of ether oxygens (including phenoxy) is 1. The molecule has 0 radical (unpaired) electrons. The van der Waals surface area contributed by atoms with Crippen LogP contribution in [0.3, 0.4) is 0 Å². The van der Waals surface area contributed by atoms with Gasteiger partial charge in [0, 0.05) is 17.0 Å². The molecule has 0 amide bonds. The van der Waals surface area contributed by atoms with Crippen LogP contribution in [0.5, 0.6) is 0 Å². The minimum atomic E-state index is -0.461. The van der Waals surface area contributed by atoms with Crippen molar-refractivity contribution in [3.8, 4) is 0 Å². The first kappa shape index (κ1) is 12.6. The van der Waals surface area contributed by atoms with E-state index in [0.29, 0.717) is 16.5 Å². The van der Waals surface area contributed by atoms with Crippen molar-refractivity contribution in [2.45, 2.75) is 11.8 Å². The molecule has 0 N–H and O–H groups in total. The Morgan fingerprint density at radius 2 is 2.25 bits per heavy atom. The molecular formula is C10H10BrNO4. The number of esters is 1. The first-order chi connectivity index (χ1) is 7.60. The highest BCUT2D eigenvalue weighted by molar-refractivity contribution is 9.08. The zero-order valence-corrected chi connectivity index (χ0v) is 10.2. The maximum atomic E-state index is 11.1. The lowest BCUT2D eigenvalue weighted by Gasteiger charge is -2.06. The zero-order chi connectivity index (χ0) is 12.1. The molecule has 16 heavy (non-hydrogen) atoms. The zero-order valence-electron chi connectivity index (χ0n) is 8.60. The van der Waals surface area contributed by atoms with E-state index in [2.05, 4.69) is 20.7 Å². The van der Waals surface area contributed by atoms with Gasteiger partial charge in [0.05, 0.1) is 18.5 Å². The van der Waals surface area contributed by atoms with Crippen LogP contribution >= 0.6 is 15.9 Å². The highest BCUT2D eigenvalue weighted by Crippen LogP contribution is 2.25. The Morgan fingerprint density at radius 1 is 1.56 bits per heavy atom. The van der Waals surface area contributed by atoms with Crippen molar-refractivity contribution < 1.29 is 14.5 Å². The number of alkyl halides is 1. The molecule has 5 nitrogen and oxygen atoms in total. The van der Waals surface area contributed by atoms with Crippen LogP contribution in [-0.4, -0.2) is 18.0 Å². The molecule has 6 heteroatoms. The molecule has 0 saturated heterocycles. The van der Waals surface area contributed by atoms with Crippen molar-refractivity contribution in [1.82, 2.24) is 0 Å². The van der Waals surface area contributed by atoms with Crippen molar-refractivity contribution in [3.63, 3.8) is 0 Å². The smallest absolute Gasteiger partial charge is 0.309 e. The molecule has 86 valence electrons. The maximum Gasteiger partial charge on any atom is 0.309 e. The van der Waals surface area contributed by atoms with Gasteiger partial charge in [0.2, 0.25) is 0 Å². The molecule has 1 aromatic carbocycles. The van der Waals surface area contributed by atoms with Gasteiger partial charge >= 0.3 is 5.97 Å². The van der Waals surface area contributed by atoms with Crippen molar-refractivity contribution in [2.75, 3.05) is 7.11 Å². The number of carbonyl (C=O) groups excluding carboxylic acids is 1. The second kappa shape index (κ2) is 5.60.